The van der Waals surface area contributed by atoms with Gasteiger partial charge in [-0.1, -0.05) is 30.3 Å². The van der Waals surface area contributed by atoms with Crippen molar-refractivity contribution in [2.75, 3.05) is 5.73 Å². The smallest absolute Gasteiger partial charge is 0.338 e. The van der Waals surface area contributed by atoms with Gasteiger partial charge in [0.2, 0.25) is 0 Å². The van der Waals surface area contributed by atoms with Crippen molar-refractivity contribution < 1.29 is 19.8 Å². The molecule has 0 heterocycles. The van der Waals surface area contributed by atoms with Crippen LogP contribution in [-0.4, -0.2) is 22.2 Å². The fourth-order valence-electron chi connectivity index (χ4n) is 2.41. The van der Waals surface area contributed by atoms with E-state index < -0.39 is 23.5 Å². The van der Waals surface area contributed by atoms with E-state index >= 15 is 0 Å². The van der Waals surface area contributed by atoms with Crippen LogP contribution in [0.3, 0.4) is 0 Å². The quantitative estimate of drug-likeness (QED) is 0.503. The molecule has 0 radical (unpaired) electrons. The van der Waals surface area contributed by atoms with Crippen LogP contribution in [0.2, 0.25) is 0 Å². The van der Waals surface area contributed by atoms with Crippen LogP contribution >= 0.6 is 0 Å². The zero-order valence-electron chi connectivity index (χ0n) is 11.0. The monoisotopic (exact) mass is 286 g/mol. The number of hydrogen-bond acceptors (Lipinski definition) is 4. The molecule has 0 fully saturated rings. The molecule has 6 heteroatoms. The maximum Gasteiger partial charge on any atom is 0.338 e. The van der Waals surface area contributed by atoms with Gasteiger partial charge in [-0.15, -0.1) is 6.58 Å². The van der Waals surface area contributed by atoms with Crippen LogP contribution in [0.25, 0.3) is 10.8 Å². The molecular formula is C15H14N2O4. The van der Waals surface area contributed by atoms with E-state index in [2.05, 4.69) is 6.58 Å². The first-order valence-corrected chi connectivity index (χ1v) is 6.09. The maximum atomic E-state index is 11.5. The van der Waals surface area contributed by atoms with Crippen LogP contribution in [0.1, 0.15) is 32.3 Å². The molecule has 6 nitrogen and oxygen atoms in total. The summed E-state index contributed by atoms with van der Waals surface area (Å²) in [6.07, 6.45) is 1.42. The van der Waals surface area contributed by atoms with Crippen molar-refractivity contribution >= 4 is 28.4 Å². The fourth-order valence-corrected chi connectivity index (χ4v) is 2.41. The minimum atomic E-state index is -1.41. The third-order valence-electron chi connectivity index (χ3n) is 3.31. The predicted octanol–water partition coefficient (Wildman–Crippen LogP) is 2.00. The Labute approximate surface area is 120 Å². The number of nitrogen functional groups attached to an aromatic ring is 1. The third-order valence-corrected chi connectivity index (χ3v) is 3.31. The Hall–Kier alpha value is -2.86. The summed E-state index contributed by atoms with van der Waals surface area (Å²) in [4.78, 5) is 22.9. The molecule has 0 aliphatic carbocycles. The summed E-state index contributed by atoms with van der Waals surface area (Å²) in [6, 6.07) is 5.81. The molecule has 1 atom stereocenters. The van der Waals surface area contributed by atoms with E-state index in [4.69, 9.17) is 11.5 Å². The number of anilines is 1. The highest BCUT2D eigenvalue weighted by Crippen LogP contribution is 2.36. The minimum Gasteiger partial charge on any atom is -0.478 e. The Morgan fingerprint density at radius 1 is 1.10 bits per heavy atom. The second-order valence-electron chi connectivity index (χ2n) is 4.49. The highest BCUT2D eigenvalue weighted by Gasteiger charge is 2.27. The average molecular weight is 286 g/mol. The van der Waals surface area contributed by atoms with Gasteiger partial charge in [0.1, 0.15) is 0 Å². The summed E-state index contributed by atoms with van der Waals surface area (Å²) in [6.45, 7) is 3.57. The molecule has 21 heavy (non-hydrogen) atoms. The van der Waals surface area contributed by atoms with E-state index in [9.17, 15) is 19.8 Å². The summed E-state index contributed by atoms with van der Waals surface area (Å²) in [5.74, 6) is -2.76. The minimum absolute atomic E-state index is 0.147. The van der Waals surface area contributed by atoms with Crippen molar-refractivity contribution in [3.05, 3.63) is 53.6 Å². The van der Waals surface area contributed by atoms with Crippen LogP contribution < -0.4 is 11.5 Å². The van der Waals surface area contributed by atoms with Gasteiger partial charge in [0.05, 0.1) is 22.9 Å². The van der Waals surface area contributed by atoms with Gasteiger partial charge in [0, 0.05) is 5.56 Å². The van der Waals surface area contributed by atoms with Gasteiger partial charge in [-0.2, -0.15) is 0 Å². The number of carbonyl (C=O) groups is 2. The first-order chi connectivity index (χ1) is 9.90. The van der Waals surface area contributed by atoms with Gasteiger partial charge < -0.3 is 21.7 Å². The number of aromatic carboxylic acids is 2. The summed E-state index contributed by atoms with van der Waals surface area (Å²) < 4.78 is 0. The average Bonchev–Trinajstić information content (AvgIpc) is 2.44. The van der Waals surface area contributed by atoms with Crippen LogP contribution in [0.5, 0.6) is 0 Å². The molecule has 0 spiro atoms. The lowest BCUT2D eigenvalue weighted by Crippen LogP contribution is -2.18. The summed E-state index contributed by atoms with van der Waals surface area (Å²) >= 11 is 0. The van der Waals surface area contributed by atoms with Crippen molar-refractivity contribution in [2.24, 2.45) is 5.73 Å². The number of benzene rings is 2. The van der Waals surface area contributed by atoms with Gasteiger partial charge in [0.25, 0.3) is 0 Å². The Balaban J connectivity index is 3.09. The van der Waals surface area contributed by atoms with Gasteiger partial charge in [0.15, 0.2) is 0 Å². The van der Waals surface area contributed by atoms with Gasteiger partial charge >= 0.3 is 11.9 Å². The van der Waals surface area contributed by atoms with Crippen molar-refractivity contribution in [3.63, 3.8) is 0 Å². The number of fused-ring (bicyclic) bond motifs is 1. The molecule has 2 aromatic rings. The fraction of sp³-hybridized carbons (Fsp3) is 0.0667. The van der Waals surface area contributed by atoms with Gasteiger partial charge in [-0.3, -0.25) is 0 Å². The van der Waals surface area contributed by atoms with Crippen molar-refractivity contribution in [1.82, 2.24) is 0 Å². The van der Waals surface area contributed by atoms with Crippen LogP contribution in [0, 0.1) is 0 Å². The molecule has 1 unspecified atom stereocenters. The summed E-state index contributed by atoms with van der Waals surface area (Å²) in [7, 11) is 0. The van der Waals surface area contributed by atoms with Crippen molar-refractivity contribution in [2.45, 2.75) is 6.04 Å². The Bertz CT molecular complexity index is 768. The lowest BCUT2D eigenvalue weighted by molar-refractivity contribution is 0.0654. The molecule has 0 amide bonds. The molecule has 0 bridgehead atoms. The SMILES string of the molecule is C=CC(N)c1c(N)c(C(=O)O)c(C(=O)O)c2ccccc12. The molecule has 0 aromatic heterocycles. The largest absolute Gasteiger partial charge is 0.478 e. The lowest BCUT2D eigenvalue weighted by atomic mass is 9.89. The second-order valence-corrected chi connectivity index (χ2v) is 4.49. The zero-order chi connectivity index (χ0) is 15.7. The highest BCUT2D eigenvalue weighted by atomic mass is 16.4. The van der Waals surface area contributed by atoms with Crippen LogP contribution in [-0.2, 0) is 0 Å². The third kappa shape index (κ3) is 2.21. The molecule has 0 aliphatic heterocycles. The van der Waals surface area contributed by atoms with Gasteiger partial charge in [-0.05, 0) is 10.8 Å². The standard InChI is InChI=1S/C15H14N2O4/c1-2-9(16)10-7-5-3-4-6-8(7)11(14(18)19)12(13(10)17)15(20)21/h2-6,9H,1,16-17H2,(H,18,19)(H,20,21). The zero-order valence-corrected chi connectivity index (χ0v) is 11.0. The lowest BCUT2D eigenvalue weighted by Gasteiger charge is -2.18. The first kappa shape index (κ1) is 14.5. The Morgan fingerprint density at radius 2 is 1.62 bits per heavy atom. The van der Waals surface area contributed by atoms with E-state index in [1.807, 2.05) is 0 Å². The Morgan fingerprint density at radius 3 is 2.10 bits per heavy atom. The van der Waals surface area contributed by atoms with Crippen molar-refractivity contribution in [1.29, 1.82) is 0 Å². The molecule has 2 rings (SSSR count). The van der Waals surface area contributed by atoms with Gasteiger partial charge in [-0.25, -0.2) is 9.59 Å². The Kier molecular flexibility index (Phi) is 3.64. The maximum absolute atomic E-state index is 11.5. The number of carboxylic acid groups (broad SMARTS) is 2. The molecule has 108 valence electrons. The van der Waals surface area contributed by atoms with Crippen LogP contribution in [0.15, 0.2) is 36.9 Å². The van der Waals surface area contributed by atoms with E-state index in [-0.39, 0.29) is 16.6 Å². The molecular weight excluding hydrogens is 272 g/mol. The topological polar surface area (TPSA) is 127 Å². The number of nitrogens with two attached hydrogens (primary N) is 2. The predicted molar refractivity (Wildman–Crippen MR) is 79.4 cm³/mol. The molecule has 0 aliphatic rings. The second kappa shape index (κ2) is 5.26. The summed E-state index contributed by atoms with van der Waals surface area (Å²) in [5, 5.41) is 19.5. The van der Waals surface area contributed by atoms with E-state index in [1.165, 1.54) is 12.1 Å². The first-order valence-electron chi connectivity index (χ1n) is 6.09. The van der Waals surface area contributed by atoms with E-state index in [0.717, 1.165) is 0 Å². The normalized spacial score (nSPS) is 12.0. The number of carboxylic acids is 2. The molecule has 6 N–H and O–H groups in total. The van der Waals surface area contributed by atoms with Crippen molar-refractivity contribution in [3.8, 4) is 0 Å². The number of hydrogen-bond donors (Lipinski definition) is 4. The molecule has 0 saturated carbocycles. The van der Waals surface area contributed by atoms with Crippen LogP contribution in [0.4, 0.5) is 5.69 Å². The van der Waals surface area contributed by atoms with E-state index in [0.29, 0.717) is 10.9 Å². The summed E-state index contributed by atoms with van der Waals surface area (Å²) in [5.41, 5.74) is 11.2. The molecule has 0 saturated heterocycles. The number of rotatable bonds is 4. The molecule has 2 aromatic carbocycles. The highest BCUT2D eigenvalue weighted by molar-refractivity contribution is 6.16. The van der Waals surface area contributed by atoms with E-state index in [1.54, 1.807) is 18.2 Å².